The van der Waals surface area contributed by atoms with Gasteiger partial charge >= 0.3 is 5.97 Å². The van der Waals surface area contributed by atoms with Crippen LogP contribution in [-0.4, -0.2) is 23.7 Å². The molecule has 1 atom stereocenters. The van der Waals surface area contributed by atoms with Crippen LogP contribution in [0.25, 0.3) is 0 Å². The number of carboxylic acid groups (broad SMARTS) is 1. The molecule has 0 aromatic rings. The lowest BCUT2D eigenvalue weighted by Gasteiger charge is -2.01. The summed E-state index contributed by atoms with van der Waals surface area (Å²) in [5, 5.41) is 11.6. The Morgan fingerprint density at radius 2 is 2.30 bits per heavy atom. The first-order chi connectivity index (χ1) is 4.72. The Hall–Kier alpha value is -0.570. The van der Waals surface area contributed by atoms with E-state index >= 15 is 0 Å². The van der Waals surface area contributed by atoms with Crippen molar-refractivity contribution in [3.05, 3.63) is 0 Å². The average Bonchev–Trinajstić information content (AvgIpc) is 2.41. The fraction of sp³-hybridized carbons (Fsp3) is 0.857. The predicted molar refractivity (Wildman–Crippen MR) is 35.7 cm³/mol. The van der Waals surface area contributed by atoms with Gasteiger partial charge < -0.3 is 10.4 Å². The van der Waals surface area contributed by atoms with E-state index in [1.54, 1.807) is 0 Å². The monoisotopic (exact) mass is 141 g/mol. The first-order valence-electron chi connectivity index (χ1n) is 3.68. The molecule has 0 radical (unpaired) electrons. The van der Waals surface area contributed by atoms with Crippen molar-refractivity contribution in [1.82, 2.24) is 5.32 Å². The molecule has 3 nitrogen and oxygen atoms in total. The van der Waals surface area contributed by atoms with Crippen molar-refractivity contribution in [3.8, 4) is 0 Å². The van der Waals surface area contributed by atoms with Crippen LogP contribution in [-0.2, 0) is 4.79 Å². The summed E-state index contributed by atoms with van der Waals surface area (Å²) in [7, 11) is 0. The van der Waals surface area contributed by atoms with Gasteiger partial charge in [-0.3, -0.25) is 4.79 Å². The van der Waals surface area contributed by atoms with Crippen LogP contribution in [0.2, 0.25) is 0 Å². The zero-order valence-electron chi connectivity index (χ0n) is 5.76. The van der Waals surface area contributed by atoms with E-state index in [4.69, 9.17) is 5.11 Å². The molecule has 1 saturated heterocycles. The van der Waals surface area contributed by atoms with Gasteiger partial charge in [0.25, 0.3) is 0 Å². The van der Waals surface area contributed by atoms with Gasteiger partial charge in [0.05, 0.1) is 0 Å². The first-order valence-corrected chi connectivity index (χ1v) is 3.68. The summed E-state index contributed by atoms with van der Waals surface area (Å²) < 4.78 is 0. The summed E-state index contributed by atoms with van der Waals surface area (Å²) in [6.45, 7) is 0.921. The third-order valence-corrected chi connectivity index (χ3v) is 2.62. The lowest BCUT2D eigenvalue weighted by Crippen LogP contribution is -2.29. The summed E-state index contributed by atoms with van der Waals surface area (Å²) >= 11 is 0. The van der Waals surface area contributed by atoms with Gasteiger partial charge in [0.1, 0.15) is 6.04 Å². The lowest BCUT2D eigenvalue weighted by molar-refractivity contribution is -0.139. The largest absolute Gasteiger partial charge is 0.480 e. The van der Waals surface area contributed by atoms with Crippen molar-refractivity contribution < 1.29 is 9.90 Å². The molecule has 1 aliphatic heterocycles. The maximum Gasteiger partial charge on any atom is 0.320 e. The Bertz CT molecular complexity index is 174. The topological polar surface area (TPSA) is 49.3 Å². The minimum absolute atomic E-state index is 0.262. The van der Waals surface area contributed by atoms with Gasteiger partial charge in [-0.1, -0.05) is 0 Å². The van der Waals surface area contributed by atoms with E-state index in [0.29, 0.717) is 5.41 Å². The minimum Gasteiger partial charge on any atom is -0.480 e. The van der Waals surface area contributed by atoms with Gasteiger partial charge in [-0.2, -0.15) is 0 Å². The number of carboxylic acids is 1. The normalized spacial score (nSPS) is 34.6. The second-order valence-corrected chi connectivity index (χ2v) is 3.48. The van der Waals surface area contributed by atoms with Crippen LogP contribution in [0.5, 0.6) is 0 Å². The summed E-state index contributed by atoms with van der Waals surface area (Å²) in [6, 6.07) is -0.262. The average molecular weight is 141 g/mol. The zero-order valence-corrected chi connectivity index (χ0v) is 5.76. The Morgan fingerprint density at radius 3 is 2.60 bits per heavy atom. The van der Waals surface area contributed by atoms with Gasteiger partial charge in [-0.05, 0) is 24.7 Å². The number of carbonyl (C=O) groups is 1. The molecule has 1 saturated carbocycles. The first kappa shape index (κ1) is 6.16. The fourth-order valence-corrected chi connectivity index (χ4v) is 1.65. The van der Waals surface area contributed by atoms with Crippen LogP contribution >= 0.6 is 0 Å². The van der Waals surface area contributed by atoms with Crippen LogP contribution < -0.4 is 5.32 Å². The molecule has 3 heteroatoms. The molecule has 1 spiro atoms. The number of rotatable bonds is 1. The molecule has 0 unspecified atom stereocenters. The van der Waals surface area contributed by atoms with Gasteiger partial charge in [-0.15, -0.1) is 0 Å². The molecule has 0 bridgehead atoms. The molecule has 2 fully saturated rings. The van der Waals surface area contributed by atoms with Gasteiger partial charge in [-0.25, -0.2) is 0 Å². The number of hydrogen-bond acceptors (Lipinski definition) is 2. The fourth-order valence-electron chi connectivity index (χ4n) is 1.65. The summed E-state index contributed by atoms with van der Waals surface area (Å²) in [4.78, 5) is 10.5. The van der Waals surface area contributed by atoms with Gasteiger partial charge in [0.2, 0.25) is 0 Å². The molecule has 1 heterocycles. The smallest absolute Gasteiger partial charge is 0.320 e. The molecular formula is C7H11NO2. The molecule has 2 rings (SSSR count). The van der Waals surface area contributed by atoms with Crippen molar-refractivity contribution in [2.75, 3.05) is 6.54 Å². The maximum atomic E-state index is 10.5. The number of nitrogens with one attached hydrogen (secondary N) is 1. The molecule has 10 heavy (non-hydrogen) atoms. The number of hydrogen-bond donors (Lipinski definition) is 2. The van der Waals surface area contributed by atoms with Crippen molar-refractivity contribution >= 4 is 5.97 Å². The van der Waals surface area contributed by atoms with Crippen molar-refractivity contribution in [3.63, 3.8) is 0 Å². The Morgan fingerprint density at radius 1 is 1.60 bits per heavy atom. The van der Waals surface area contributed by atoms with E-state index in [0.717, 1.165) is 13.0 Å². The molecule has 1 aliphatic carbocycles. The third kappa shape index (κ3) is 0.814. The highest BCUT2D eigenvalue weighted by atomic mass is 16.4. The van der Waals surface area contributed by atoms with E-state index in [1.807, 2.05) is 0 Å². The highest BCUT2D eigenvalue weighted by Crippen LogP contribution is 2.51. The van der Waals surface area contributed by atoms with E-state index < -0.39 is 5.97 Å². The third-order valence-electron chi connectivity index (χ3n) is 2.62. The highest BCUT2D eigenvalue weighted by Gasteiger charge is 2.49. The van der Waals surface area contributed by atoms with Crippen LogP contribution in [0.4, 0.5) is 0 Å². The number of aliphatic carboxylic acids is 1. The molecule has 56 valence electrons. The lowest BCUT2D eigenvalue weighted by atomic mass is 10.0. The van der Waals surface area contributed by atoms with Crippen molar-refractivity contribution in [2.24, 2.45) is 5.41 Å². The van der Waals surface area contributed by atoms with Crippen LogP contribution in [0.15, 0.2) is 0 Å². The molecule has 0 amide bonds. The molecule has 2 aliphatic rings. The SMILES string of the molecule is O=C(O)[C@H]1CC2(CC2)CN1. The second-order valence-electron chi connectivity index (χ2n) is 3.48. The van der Waals surface area contributed by atoms with Gasteiger partial charge in [0, 0.05) is 6.54 Å². The second kappa shape index (κ2) is 1.72. The van der Waals surface area contributed by atoms with Crippen LogP contribution in [0.3, 0.4) is 0 Å². The summed E-state index contributed by atoms with van der Waals surface area (Å²) in [5.74, 6) is -0.691. The molecule has 2 N–H and O–H groups in total. The Kier molecular flexibility index (Phi) is 1.06. The van der Waals surface area contributed by atoms with Crippen molar-refractivity contribution in [2.45, 2.75) is 25.3 Å². The molecular weight excluding hydrogens is 130 g/mol. The minimum atomic E-state index is -0.691. The van der Waals surface area contributed by atoms with E-state index in [9.17, 15) is 4.79 Å². The standard InChI is InChI=1S/C7H11NO2/c9-6(10)5-3-7(1-2-7)4-8-5/h5,8H,1-4H2,(H,9,10)/t5-/m1/s1. The van der Waals surface area contributed by atoms with E-state index in [1.165, 1.54) is 12.8 Å². The maximum absolute atomic E-state index is 10.5. The van der Waals surface area contributed by atoms with Crippen molar-refractivity contribution in [1.29, 1.82) is 0 Å². The van der Waals surface area contributed by atoms with Gasteiger partial charge in [0.15, 0.2) is 0 Å². The highest BCUT2D eigenvalue weighted by molar-refractivity contribution is 5.74. The molecule has 0 aromatic heterocycles. The molecule has 0 aromatic carbocycles. The predicted octanol–water partition coefficient (Wildman–Crippen LogP) is 0.213. The van der Waals surface area contributed by atoms with E-state index in [-0.39, 0.29) is 6.04 Å². The van der Waals surface area contributed by atoms with E-state index in [2.05, 4.69) is 5.32 Å². The quantitative estimate of drug-likeness (QED) is 0.549. The zero-order chi connectivity index (χ0) is 7.19. The summed E-state index contributed by atoms with van der Waals surface area (Å²) in [5.41, 5.74) is 0.406. The van der Waals surface area contributed by atoms with Crippen LogP contribution in [0.1, 0.15) is 19.3 Å². The van der Waals surface area contributed by atoms with Crippen LogP contribution in [0, 0.1) is 5.41 Å². The summed E-state index contributed by atoms with van der Waals surface area (Å²) in [6.07, 6.45) is 3.30. The Balaban J connectivity index is 1.99. The Labute approximate surface area is 59.4 Å².